The number of hydrogen-bond donors (Lipinski definition) is 0. The van der Waals surface area contributed by atoms with Crippen LogP contribution in [-0.2, 0) is 14.3 Å². The number of ether oxygens (including phenoxy) is 2. The molecule has 0 saturated carbocycles. The van der Waals surface area contributed by atoms with E-state index in [0.29, 0.717) is 5.76 Å². The topological polar surface area (TPSA) is 35.5 Å². The van der Waals surface area contributed by atoms with Crippen LogP contribution in [0.1, 0.15) is 104 Å². The molecule has 0 atom stereocenters. The Bertz CT molecular complexity index is 287. The van der Waals surface area contributed by atoms with Crippen molar-refractivity contribution in [1.82, 2.24) is 0 Å². The smallest absolute Gasteiger partial charge is 0.189 e. The van der Waals surface area contributed by atoms with Crippen LogP contribution in [0, 0.1) is 0 Å². The number of carbonyl (C=O) groups is 1. The lowest BCUT2D eigenvalue weighted by molar-refractivity contribution is -0.111. The zero-order chi connectivity index (χ0) is 17.7. The third-order valence-corrected chi connectivity index (χ3v) is 4.22. The van der Waals surface area contributed by atoms with Crippen molar-refractivity contribution in [3.8, 4) is 0 Å². The van der Waals surface area contributed by atoms with E-state index < -0.39 is 0 Å². The van der Waals surface area contributed by atoms with Gasteiger partial charge in [0.15, 0.2) is 18.8 Å². The van der Waals surface area contributed by atoms with Crippen molar-refractivity contribution < 1.29 is 14.3 Å². The lowest BCUT2D eigenvalue weighted by Crippen LogP contribution is -2.02. The van der Waals surface area contributed by atoms with Crippen molar-refractivity contribution >= 4 is 6.29 Å². The van der Waals surface area contributed by atoms with Crippen LogP contribution in [0.5, 0.6) is 0 Å². The Morgan fingerprint density at radius 3 is 1.88 bits per heavy atom. The summed E-state index contributed by atoms with van der Waals surface area (Å²) in [5.41, 5.74) is 0. The zero-order valence-corrected chi connectivity index (χ0v) is 16.2. The zero-order valence-electron chi connectivity index (χ0n) is 16.2. The van der Waals surface area contributed by atoms with Crippen LogP contribution in [0.4, 0.5) is 0 Å². The number of unbranched alkanes of at least 4 members (excludes halogenated alkanes) is 12. The number of carbonyl (C=O) groups excluding carboxylic acids is 1. The van der Waals surface area contributed by atoms with Gasteiger partial charge in [0.05, 0.1) is 6.61 Å². The van der Waals surface area contributed by atoms with E-state index in [1.54, 1.807) is 0 Å². The molecule has 24 heavy (non-hydrogen) atoms. The number of allylic oxidation sites excluding steroid dienone is 2. The van der Waals surface area contributed by atoms with Crippen LogP contribution in [-0.4, -0.2) is 19.7 Å². The van der Waals surface area contributed by atoms with Crippen molar-refractivity contribution in [2.75, 3.05) is 13.4 Å². The maximum absolute atomic E-state index is 11.0. The predicted molar refractivity (Wildman–Crippen MR) is 102 cm³/mol. The lowest BCUT2D eigenvalue weighted by Gasteiger charge is -2.07. The fourth-order valence-electron chi connectivity index (χ4n) is 2.64. The molecule has 0 heterocycles. The highest BCUT2D eigenvalue weighted by Gasteiger charge is 1.97. The SMILES string of the molecule is CCCCCCCCCC=C(C=O)OCOCCCCCCCC. The third kappa shape index (κ3) is 17.5. The molecule has 3 nitrogen and oxygen atoms in total. The van der Waals surface area contributed by atoms with Gasteiger partial charge in [-0.15, -0.1) is 0 Å². The summed E-state index contributed by atoms with van der Waals surface area (Å²) >= 11 is 0. The molecule has 142 valence electrons. The Hall–Kier alpha value is -0.830. The minimum atomic E-state index is 0.191. The van der Waals surface area contributed by atoms with Crippen LogP contribution in [0.25, 0.3) is 0 Å². The Balaban J connectivity index is 3.43. The molecule has 0 aliphatic rings. The summed E-state index contributed by atoms with van der Waals surface area (Å²) in [6.45, 7) is 5.38. The van der Waals surface area contributed by atoms with E-state index >= 15 is 0 Å². The van der Waals surface area contributed by atoms with Gasteiger partial charge in [0, 0.05) is 0 Å². The van der Waals surface area contributed by atoms with Gasteiger partial charge in [-0.2, -0.15) is 0 Å². The van der Waals surface area contributed by atoms with E-state index in [9.17, 15) is 4.79 Å². The molecule has 0 saturated heterocycles. The fraction of sp³-hybridized carbons (Fsp3) is 0.857. The third-order valence-electron chi connectivity index (χ3n) is 4.22. The lowest BCUT2D eigenvalue weighted by atomic mass is 10.1. The van der Waals surface area contributed by atoms with Gasteiger partial charge in [-0.1, -0.05) is 84.5 Å². The van der Waals surface area contributed by atoms with Gasteiger partial charge in [-0.25, -0.2) is 0 Å². The maximum atomic E-state index is 11.0. The van der Waals surface area contributed by atoms with Crippen LogP contribution < -0.4 is 0 Å². The first-order valence-corrected chi connectivity index (χ1v) is 10.2. The molecule has 0 fully saturated rings. The van der Waals surface area contributed by atoms with Gasteiger partial charge in [0.1, 0.15) is 0 Å². The van der Waals surface area contributed by atoms with Gasteiger partial charge in [-0.05, 0) is 25.3 Å². The van der Waals surface area contributed by atoms with Gasteiger partial charge < -0.3 is 9.47 Å². The Kier molecular flexibility index (Phi) is 19.5. The summed E-state index contributed by atoms with van der Waals surface area (Å²) in [6, 6.07) is 0. The molecule has 0 radical (unpaired) electrons. The first-order chi connectivity index (χ1) is 11.8. The monoisotopic (exact) mass is 340 g/mol. The van der Waals surface area contributed by atoms with Crippen LogP contribution >= 0.6 is 0 Å². The number of rotatable bonds is 19. The summed E-state index contributed by atoms with van der Waals surface area (Å²) < 4.78 is 10.8. The molecule has 0 N–H and O–H groups in total. The highest BCUT2D eigenvalue weighted by Crippen LogP contribution is 2.10. The van der Waals surface area contributed by atoms with E-state index in [1.807, 2.05) is 6.08 Å². The molecule has 0 amide bonds. The standard InChI is InChI=1S/C21H40O3/c1-3-5-7-9-11-12-13-15-17-21(19-22)24-20-23-18-16-14-10-8-6-4-2/h17,19H,3-16,18,20H2,1-2H3. The van der Waals surface area contributed by atoms with Crippen molar-refractivity contribution in [3.05, 3.63) is 11.8 Å². The second-order valence-corrected chi connectivity index (χ2v) is 6.57. The van der Waals surface area contributed by atoms with Crippen molar-refractivity contribution in [2.45, 2.75) is 104 Å². The van der Waals surface area contributed by atoms with Crippen molar-refractivity contribution in [1.29, 1.82) is 0 Å². The number of hydrogen-bond acceptors (Lipinski definition) is 3. The highest BCUT2D eigenvalue weighted by atomic mass is 16.7. The first kappa shape index (κ1) is 23.2. The van der Waals surface area contributed by atoms with E-state index in [0.717, 1.165) is 32.2 Å². The largest absolute Gasteiger partial charge is 0.464 e. The summed E-state index contributed by atoms with van der Waals surface area (Å²) in [4.78, 5) is 11.0. The molecule has 0 bridgehead atoms. The van der Waals surface area contributed by atoms with Crippen molar-refractivity contribution in [2.24, 2.45) is 0 Å². The van der Waals surface area contributed by atoms with E-state index in [1.165, 1.54) is 70.6 Å². The van der Waals surface area contributed by atoms with E-state index in [-0.39, 0.29) is 6.79 Å². The van der Waals surface area contributed by atoms with Crippen molar-refractivity contribution in [3.63, 3.8) is 0 Å². The molecule has 0 aromatic heterocycles. The molecule has 0 spiro atoms. The molecular formula is C21H40O3. The molecule has 0 aliphatic heterocycles. The van der Waals surface area contributed by atoms with Gasteiger partial charge in [-0.3, -0.25) is 4.79 Å². The van der Waals surface area contributed by atoms with Gasteiger partial charge in [0.25, 0.3) is 0 Å². The summed E-state index contributed by atoms with van der Waals surface area (Å²) in [6.07, 6.45) is 20.1. The molecule has 3 heteroatoms. The molecule has 0 aromatic carbocycles. The fourth-order valence-corrected chi connectivity index (χ4v) is 2.64. The summed E-state index contributed by atoms with van der Waals surface area (Å²) in [5, 5.41) is 0. The normalized spacial score (nSPS) is 11.7. The second-order valence-electron chi connectivity index (χ2n) is 6.57. The minimum Gasteiger partial charge on any atom is -0.464 e. The first-order valence-electron chi connectivity index (χ1n) is 10.2. The summed E-state index contributed by atoms with van der Waals surface area (Å²) in [5.74, 6) is 0.420. The van der Waals surface area contributed by atoms with Gasteiger partial charge >= 0.3 is 0 Å². The maximum Gasteiger partial charge on any atom is 0.189 e. The van der Waals surface area contributed by atoms with Crippen LogP contribution in [0.3, 0.4) is 0 Å². The molecular weight excluding hydrogens is 300 g/mol. The van der Waals surface area contributed by atoms with E-state index in [2.05, 4.69) is 13.8 Å². The van der Waals surface area contributed by atoms with Gasteiger partial charge in [0.2, 0.25) is 0 Å². The molecule has 0 aromatic rings. The quantitative estimate of drug-likeness (QED) is 0.0878. The van der Waals surface area contributed by atoms with Crippen LogP contribution in [0.2, 0.25) is 0 Å². The predicted octanol–water partition coefficient (Wildman–Crippen LogP) is 6.56. The molecule has 0 unspecified atom stereocenters. The van der Waals surface area contributed by atoms with Crippen LogP contribution in [0.15, 0.2) is 11.8 Å². The Labute approximate surface area is 150 Å². The summed E-state index contributed by atoms with van der Waals surface area (Å²) in [7, 11) is 0. The van der Waals surface area contributed by atoms with E-state index in [4.69, 9.17) is 9.47 Å². The molecule has 0 rings (SSSR count). The minimum absolute atomic E-state index is 0.191. The average molecular weight is 341 g/mol. The average Bonchev–Trinajstić information content (AvgIpc) is 2.60. The highest BCUT2D eigenvalue weighted by molar-refractivity contribution is 5.69. The Morgan fingerprint density at radius 1 is 0.750 bits per heavy atom. The number of aldehydes is 1. The second kappa shape index (κ2) is 20.2. The molecule has 0 aliphatic carbocycles. The Morgan fingerprint density at radius 2 is 1.29 bits per heavy atom.